The van der Waals surface area contributed by atoms with E-state index in [2.05, 4.69) is 0 Å². The number of carbonyl (C=O) groups excluding carboxylic acids is 1. The van der Waals surface area contributed by atoms with Crippen LogP contribution in [0.15, 0.2) is 82.9 Å². The van der Waals surface area contributed by atoms with Gasteiger partial charge in [-0.2, -0.15) is 5.10 Å². The first kappa shape index (κ1) is 21.2. The average Bonchev–Trinajstić information content (AvgIpc) is 3.17. The molecule has 33 heavy (non-hydrogen) atoms. The van der Waals surface area contributed by atoms with Crippen LogP contribution in [0.5, 0.6) is 5.75 Å². The van der Waals surface area contributed by atoms with E-state index in [4.69, 9.17) is 26.4 Å². The first-order valence-corrected chi connectivity index (χ1v) is 11.0. The van der Waals surface area contributed by atoms with E-state index in [1.807, 2.05) is 84.7 Å². The van der Waals surface area contributed by atoms with Crippen LogP contribution in [0.1, 0.15) is 29.7 Å². The van der Waals surface area contributed by atoms with E-state index < -0.39 is 6.04 Å². The standard InChI is InChI=1S/C26H23ClN4O2/c1-16(32)31-25(18-9-12-20(33-3)13-10-18)24-26(29-31)30(2)22-14-11-19(27)15-21(22)23(28-24)17-7-5-4-6-8-17/h4-15,24-25H,1-3H3. The van der Waals surface area contributed by atoms with E-state index in [-0.39, 0.29) is 11.9 Å². The lowest BCUT2D eigenvalue weighted by Gasteiger charge is -2.25. The Bertz CT molecular complexity index is 1270. The number of benzene rings is 3. The van der Waals surface area contributed by atoms with Crippen molar-refractivity contribution in [1.29, 1.82) is 0 Å². The molecule has 3 aromatic carbocycles. The van der Waals surface area contributed by atoms with Gasteiger partial charge < -0.3 is 9.64 Å². The highest BCUT2D eigenvalue weighted by molar-refractivity contribution is 6.32. The molecule has 166 valence electrons. The lowest BCUT2D eigenvalue weighted by Crippen LogP contribution is -2.36. The van der Waals surface area contributed by atoms with Gasteiger partial charge in [0.15, 0.2) is 5.84 Å². The van der Waals surface area contributed by atoms with Gasteiger partial charge in [0, 0.05) is 30.1 Å². The Morgan fingerprint density at radius 3 is 2.42 bits per heavy atom. The number of amidine groups is 1. The number of halogens is 1. The van der Waals surface area contributed by atoms with Gasteiger partial charge in [-0.25, -0.2) is 5.01 Å². The molecule has 0 N–H and O–H groups in total. The predicted molar refractivity (Wildman–Crippen MR) is 131 cm³/mol. The number of fused-ring (bicyclic) bond motifs is 2. The van der Waals surface area contributed by atoms with Crippen molar-refractivity contribution in [2.45, 2.75) is 19.0 Å². The van der Waals surface area contributed by atoms with E-state index in [1.165, 1.54) is 11.9 Å². The molecule has 1 amide bonds. The Labute approximate surface area is 197 Å². The summed E-state index contributed by atoms with van der Waals surface area (Å²) in [7, 11) is 3.59. The van der Waals surface area contributed by atoms with Gasteiger partial charge in [0.2, 0.25) is 5.91 Å². The summed E-state index contributed by atoms with van der Waals surface area (Å²) in [5.41, 5.74) is 4.59. The number of carbonyl (C=O) groups is 1. The summed E-state index contributed by atoms with van der Waals surface area (Å²) >= 11 is 6.40. The maximum absolute atomic E-state index is 12.6. The lowest BCUT2D eigenvalue weighted by atomic mass is 9.98. The molecule has 3 aromatic rings. The van der Waals surface area contributed by atoms with Crippen molar-refractivity contribution in [3.05, 3.63) is 94.5 Å². The highest BCUT2D eigenvalue weighted by atomic mass is 35.5. The number of rotatable bonds is 3. The fraction of sp³-hybridized carbons (Fsp3) is 0.192. The van der Waals surface area contributed by atoms with Crippen LogP contribution >= 0.6 is 11.6 Å². The number of hydrogen-bond acceptors (Lipinski definition) is 5. The van der Waals surface area contributed by atoms with Gasteiger partial charge in [-0.05, 0) is 35.9 Å². The molecule has 0 spiro atoms. The second-order valence-corrected chi connectivity index (χ2v) is 8.49. The molecule has 2 unspecified atom stereocenters. The lowest BCUT2D eigenvalue weighted by molar-refractivity contribution is -0.130. The fourth-order valence-corrected chi connectivity index (χ4v) is 4.61. The Balaban J connectivity index is 1.73. The van der Waals surface area contributed by atoms with Crippen LogP contribution in [0.2, 0.25) is 5.02 Å². The molecule has 0 bridgehead atoms. The third-order valence-corrected chi connectivity index (χ3v) is 6.29. The number of methoxy groups -OCH3 is 1. The van der Waals surface area contributed by atoms with Crippen molar-refractivity contribution in [3.63, 3.8) is 0 Å². The third-order valence-electron chi connectivity index (χ3n) is 6.05. The van der Waals surface area contributed by atoms with E-state index in [9.17, 15) is 4.79 Å². The van der Waals surface area contributed by atoms with Crippen molar-refractivity contribution >= 4 is 34.7 Å². The number of nitrogens with zero attached hydrogens (tertiary/aromatic N) is 4. The second-order valence-electron chi connectivity index (χ2n) is 8.05. The van der Waals surface area contributed by atoms with Gasteiger partial charge in [-0.1, -0.05) is 54.1 Å². The summed E-state index contributed by atoms with van der Waals surface area (Å²) in [5.74, 6) is 1.32. The molecule has 0 radical (unpaired) electrons. The van der Waals surface area contributed by atoms with E-state index in [0.717, 1.165) is 33.8 Å². The van der Waals surface area contributed by atoms with Crippen LogP contribution in [-0.4, -0.2) is 42.7 Å². The maximum atomic E-state index is 12.6. The zero-order chi connectivity index (χ0) is 23.1. The van der Waals surface area contributed by atoms with Crippen molar-refractivity contribution in [2.24, 2.45) is 10.1 Å². The van der Waals surface area contributed by atoms with Crippen LogP contribution < -0.4 is 9.64 Å². The van der Waals surface area contributed by atoms with Crippen LogP contribution in [0.3, 0.4) is 0 Å². The second kappa shape index (κ2) is 8.37. The minimum Gasteiger partial charge on any atom is -0.497 e. The molecule has 0 fully saturated rings. The summed E-state index contributed by atoms with van der Waals surface area (Å²) < 4.78 is 5.32. The molecule has 2 atom stereocenters. The molecule has 2 heterocycles. The Morgan fingerprint density at radius 1 is 1.03 bits per heavy atom. The van der Waals surface area contributed by atoms with Crippen LogP contribution in [0.25, 0.3) is 0 Å². The smallest absolute Gasteiger partial charge is 0.240 e. The molecular weight excluding hydrogens is 436 g/mol. The average molecular weight is 459 g/mol. The minimum atomic E-state index is -0.395. The zero-order valence-corrected chi connectivity index (χ0v) is 19.3. The molecule has 0 saturated heterocycles. The van der Waals surface area contributed by atoms with Gasteiger partial charge in [0.05, 0.1) is 18.5 Å². The van der Waals surface area contributed by atoms with Gasteiger partial charge in [-0.15, -0.1) is 0 Å². The predicted octanol–water partition coefficient (Wildman–Crippen LogP) is 4.92. The third kappa shape index (κ3) is 3.66. The van der Waals surface area contributed by atoms with Crippen LogP contribution in [0, 0.1) is 0 Å². The van der Waals surface area contributed by atoms with Crippen molar-refractivity contribution in [2.75, 3.05) is 19.1 Å². The summed E-state index contributed by atoms with van der Waals surface area (Å²) in [5, 5.41) is 6.92. The van der Waals surface area contributed by atoms with Crippen molar-refractivity contribution in [1.82, 2.24) is 5.01 Å². The first-order chi connectivity index (χ1) is 16.0. The number of aliphatic imine (C=N–C) groups is 1. The summed E-state index contributed by atoms with van der Waals surface area (Å²) in [4.78, 5) is 19.9. The highest BCUT2D eigenvalue weighted by Crippen LogP contribution is 2.40. The van der Waals surface area contributed by atoms with E-state index in [0.29, 0.717) is 10.9 Å². The quantitative estimate of drug-likeness (QED) is 0.559. The number of hydrogen-bond donors (Lipinski definition) is 0. The normalized spacial score (nSPS) is 19.3. The molecule has 0 saturated carbocycles. The molecule has 6 nitrogen and oxygen atoms in total. The largest absolute Gasteiger partial charge is 0.497 e. The van der Waals surface area contributed by atoms with Gasteiger partial charge in [0.1, 0.15) is 17.8 Å². The monoisotopic (exact) mass is 458 g/mol. The van der Waals surface area contributed by atoms with Crippen molar-refractivity contribution < 1.29 is 9.53 Å². The Kier molecular flexibility index (Phi) is 5.38. The molecule has 5 rings (SSSR count). The van der Waals surface area contributed by atoms with E-state index in [1.54, 1.807) is 7.11 Å². The van der Waals surface area contributed by atoms with Crippen molar-refractivity contribution in [3.8, 4) is 5.75 Å². The van der Waals surface area contributed by atoms with Crippen LogP contribution in [-0.2, 0) is 4.79 Å². The number of ether oxygens (including phenoxy) is 1. The molecule has 2 aliphatic rings. The van der Waals surface area contributed by atoms with Gasteiger partial charge >= 0.3 is 0 Å². The summed E-state index contributed by atoms with van der Waals surface area (Å²) in [6.07, 6.45) is 0. The topological polar surface area (TPSA) is 57.5 Å². The molecule has 2 aliphatic heterocycles. The fourth-order valence-electron chi connectivity index (χ4n) is 4.44. The SMILES string of the molecule is COc1ccc(C2C3N=C(c4ccccc4)c4cc(Cl)ccc4N(C)C3=NN2C(C)=O)cc1. The molecule has 0 aliphatic carbocycles. The maximum Gasteiger partial charge on any atom is 0.240 e. The first-order valence-electron chi connectivity index (χ1n) is 10.7. The zero-order valence-electron chi connectivity index (χ0n) is 18.6. The number of likely N-dealkylation sites (N-methyl/N-ethyl adjacent to an activating group) is 1. The summed E-state index contributed by atoms with van der Waals surface area (Å²) in [6, 6.07) is 22.7. The number of anilines is 1. The number of amides is 1. The van der Waals surface area contributed by atoms with Gasteiger partial charge in [-0.3, -0.25) is 9.79 Å². The number of hydrazone groups is 1. The van der Waals surface area contributed by atoms with Gasteiger partial charge in [0.25, 0.3) is 0 Å². The molecular formula is C26H23ClN4O2. The summed E-state index contributed by atoms with van der Waals surface area (Å²) in [6.45, 7) is 1.53. The molecule has 0 aromatic heterocycles. The van der Waals surface area contributed by atoms with Crippen LogP contribution in [0.4, 0.5) is 5.69 Å². The molecule has 7 heteroatoms. The highest BCUT2D eigenvalue weighted by Gasteiger charge is 2.44. The van der Waals surface area contributed by atoms with E-state index >= 15 is 0 Å². The Morgan fingerprint density at radius 2 is 1.76 bits per heavy atom. The minimum absolute atomic E-state index is 0.141. The Hall–Kier alpha value is -3.64.